The smallest absolute Gasteiger partial charge is 0.291 e. The van der Waals surface area contributed by atoms with E-state index in [9.17, 15) is 4.79 Å². The molecule has 0 aromatic carbocycles. The third-order valence-corrected chi connectivity index (χ3v) is 4.16. The fraction of sp³-hybridized carbons (Fsp3) is 0.286. The summed E-state index contributed by atoms with van der Waals surface area (Å²) in [5, 5.41) is 5.00. The highest BCUT2D eigenvalue weighted by molar-refractivity contribution is 7.80. The second-order valence-electron chi connectivity index (χ2n) is 4.96. The summed E-state index contributed by atoms with van der Waals surface area (Å²) < 4.78 is 3.26. The Labute approximate surface area is 126 Å². The molecule has 0 spiro atoms. The van der Waals surface area contributed by atoms with Crippen LogP contribution < -0.4 is 5.56 Å². The quantitative estimate of drug-likeness (QED) is 0.728. The Kier molecular flexibility index (Phi) is 3.29. The Morgan fingerprint density at radius 3 is 2.81 bits per heavy atom. The molecule has 0 aliphatic carbocycles. The van der Waals surface area contributed by atoms with Crippen LogP contribution in [0.15, 0.2) is 28.2 Å². The SMILES string of the molecule is Cc1nccc(Cn2ncc3c(S)c(C)n(C)c3c2=O)n1. The van der Waals surface area contributed by atoms with Gasteiger partial charge in [0, 0.05) is 29.2 Å². The second-order valence-corrected chi connectivity index (χ2v) is 5.41. The Hall–Kier alpha value is -2.15. The minimum absolute atomic E-state index is 0.144. The maximum Gasteiger partial charge on any atom is 0.291 e. The molecular formula is C14H15N5OS. The predicted octanol–water partition coefficient (Wildman–Crippen LogP) is 1.48. The van der Waals surface area contributed by atoms with E-state index < -0.39 is 0 Å². The maximum atomic E-state index is 12.6. The lowest BCUT2D eigenvalue weighted by molar-refractivity contribution is 0.629. The van der Waals surface area contributed by atoms with Crippen molar-refractivity contribution in [1.82, 2.24) is 24.3 Å². The summed E-state index contributed by atoms with van der Waals surface area (Å²) in [4.78, 5) is 21.8. The fourth-order valence-electron chi connectivity index (χ4n) is 2.36. The van der Waals surface area contributed by atoms with Gasteiger partial charge < -0.3 is 4.57 Å². The van der Waals surface area contributed by atoms with Crippen LogP contribution in [-0.4, -0.2) is 24.3 Å². The average molecular weight is 301 g/mol. The first kappa shape index (κ1) is 13.8. The second kappa shape index (κ2) is 5.00. The molecule has 3 aromatic rings. The summed E-state index contributed by atoms with van der Waals surface area (Å²) in [6.07, 6.45) is 3.36. The zero-order chi connectivity index (χ0) is 15.1. The molecule has 3 rings (SSSR count). The molecule has 0 radical (unpaired) electrons. The van der Waals surface area contributed by atoms with Crippen LogP contribution in [0.2, 0.25) is 0 Å². The van der Waals surface area contributed by atoms with Crippen LogP contribution in [0.5, 0.6) is 0 Å². The molecular weight excluding hydrogens is 286 g/mol. The third kappa shape index (κ3) is 2.23. The molecule has 0 N–H and O–H groups in total. The van der Waals surface area contributed by atoms with Crippen LogP contribution in [0.4, 0.5) is 0 Å². The lowest BCUT2D eigenvalue weighted by Crippen LogP contribution is -2.25. The van der Waals surface area contributed by atoms with Crippen LogP contribution in [0.1, 0.15) is 17.2 Å². The standard InChI is InChI=1S/C14H15N5OS/c1-8-13(21)11-6-16-19(14(20)12(11)18(8)3)7-10-4-5-15-9(2)17-10/h4-6,21H,7H2,1-3H3. The van der Waals surface area contributed by atoms with E-state index in [0.717, 1.165) is 21.7 Å². The van der Waals surface area contributed by atoms with Crippen LogP contribution in [0.25, 0.3) is 10.9 Å². The van der Waals surface area contributed by atoms with Gasteiger partial charge in [-0.1, -0.05) is 0 Å². The van der Waals surface area contributed by atoms with E-state index in [4.69, 9.17) is 0 Å². The third-order valence-electron chi connectivity index (χ3n) is 3.60. The van der Waals surface area contributed by atoms with Crippen LogP contribution in [0.3, 0.4) is 0 Å². The van der Waals surface area contributed by atoms with Crippen LogP contribution in [-0.2, 0) is 13.6 Å². The summed E-state index contributed by atoms with van der Waals surface area (Å²) in [5.41, 5.74) is 2.17. The van der Waals surface area contributed by atoms with Crippen molar-refractivity contribution < 1.29 is 0 Å². The number of thiol groups is 1. The number of hydrogen-bond donors (Lipinski definition) is 1. The van der Waals surface area contributed by atoms with Gasteiger partial charge in [-0.2, -0.15) is 5.10 Å². The van der Waals surface area contributed by atoms with Gasteiger partial charge in [-0.05, 0) is 19.9 Å². The minimum Gasteiger partial charge on any atom is -0.342 e. The number of hydrogen-bond acceptors (Lipinski definition) is 5. The molecule has 0 amide bonds. The van der Waals surface area contributed by atoms with Gasteiger partial charge in [-0.3, -0.25) is 4.79 Å². The van der Waals surface area contributed by atoms with Crippen molar-refractivity contribution in [2.45, 2.75) is 25.3 Å². The number of aryl methyl sites for hydroxylation is 2. The van der Waals surface area contributed by atoms with E-state index in [2.05, 4.69) is 27.7 Å². The number of rotatable bonds is 2. The summed E-state index contributed by atoms with van der Waals surface area (Å²) in [6, 6.07) is 1.78. The Morgan fingerprint density at radius 1 is 1.33 bits per heavy atom. The van der Waals surface area contributed by atoms with Gasteiger partial charge in [-0.15, -0.1) is 12.6 Å². The molecule has 0 unspecified atom stereocenters. The van der Waals surface area contributed by atoms with Gasteiger partial charge in [0.2, 0.25) is 0 Å². The van der Waals surface area contributed by atoms with E-state index in [1.54, 1.807) is 18.5 Å². The largest absolute Gasteiger partial charge is 0.342 e. The summed E-state index contributed by atoms with van der Waals surface area (Å²) >= 11 is 4.45. The van der Waals surface area contributed by atoms with Gasteiger partial charge in [0.1, 0.15) is 11.3 Å². The summed E-state index contributed by atoms with van der Waals surface area (Å²) in [5.74, 6) is 0.675. The molecule has 0 aliphatic heterocycles. The van der Waals surface area contributed by atoms with Crippen LogP contribution in [0, 0.1) is 13.8 Å². The number of aromatic nitrogens is 5. The highest BCUT2D eigenvalue weighted by Gasteiger charge is 2.14. The van der Waals surface area contributed by atoms with Crippen molar-refractivity contribution in [3.05, 3.63) is 46.0 Å². The zero-order valence-electron chi connectivity index (χ0n) is 12.0. The Bertz CT molecular complexity index is 896. The van der Waals surface area contributed by atoms with Crippen molar-refractivity contribution >= 4 is 23.5 Å². The summed E-state index contributed by atoms with van der Waals surface area (Å²) in [7, 11) is 1.86. The van der Waals surface area contributed by atoms with Crippen molar-refractivity contribution in [1.29, 1.82) is 0 Å². The molecule has 21 heavy (non-hydrogen) atoms. The molecule has 0 aliphatic rings. The molecule has 0 saturated heterocycles. The van der Waals surface area contributed by atoms with Gasteiger partial charge in [0.25, 0.3) is 5.56 Å². The van der Waals surface area contributed by atoms with Crippen molar-refractivity contribution in [3.8, 4) is 0 Å². The lowest BCUT2D eigenvalue weighted by atomic mass is 10.3. The number of fused-ring (bicyclic) bond motifs is 1. The maximum absolute atomic E-state index is 12.6. The van der Waals surface area contributed by atoms with Crippen molar-refractivity contribution in [3.63, 3.8) is 0 Å². The normalized spacial score (nSPS) is 11.2. The van der Waals surface area contributed by atoms with Gasteiger partial charge in [0.05, 0.1) is 18.4 Å². The Morgan fingerprint density at radius 2 is 2.10 bits per heavy atom. The van der Waals surface area contributed by atoms with E-state index in [1.807, 2.05) is 25.5 Å². The molecule has 7 heteroatoms. The predicted molar refractivity (Wildman–Crippen MR) is 82.8 cm³/mol. The molecule has 3 aromatic heterocycles. The lowest BCUT2D eigenvalue weighted by Gasteiger charge is -2.05. The molecule has 0 saturated carbocycles. The fourth-order valence-corrected chi connectivity index (χ4v) is 2.67. The molecule has 108 valence electrons. The molecule has 0 atom stereocenters. The van der Waals surface area contributed by atoms with Crippen molar-refractivity contribution in [2.75, 3.05) is 0 Å². The average Bonchev–Trinajstić information content (AvgIpc) is 2.67. The molecule has 0 bridgehead atoms. The molecule has 6 nitrogen and oxygen atoms in total. The van der Waals surface area contributed by atoms with E-state index in [0.29, 0.717) is 17.9 Å². The summed E-state index contributed by atoms with van der Waals surface area (Å²) in [6.45, 7) is 4.07. The first-order chi connectivity index (χ1) is 9.99. The minimum atomic E-state index is -0.144. The molecule has 3 heterocycles. The van der Waals surface area contributed by atoms with E-state index >= 15 is 0 Å². The van der Waals surface area contributed by atoms with Crippen LogP contribution >= 0.6 is 12.6 Å². The number of nitrogens with zero attached hydrogens (tertiary/aromatic N) is 5. The highest BCUT2D eigenvalue weighted by Crippen LogP contribution is 2.24. The van der Waals surface area contributed by atoms with Gasteiger partial charge in [-0.25, -0.2) is 14.6 Å². The monoisotopic (exact) mass is 301 g/mol. The van der Waals surface area contributed by atoms with Gasteiger partial charge >= 0.3 is 0 Å². The highest BCUT2D eigenvalue weighted by atomic mass is 32.1. The van der Waals surface area contributed by atoms with E-state index in [-0.39, 0.29) is 5.56 Å². The molecule has 0 fully saturated rings. The first-order valence-electron chi connectivity index (χ1n) is 6.51. The topological polar surface area (TPSA) is 65.6 Å². The Balaban J connectivity index is 2.15. The van der Waals surface area contributed by atoms with Crippen molar-refractivity contribution in [2.24, 2.45) is 7.05 Å². The first-order valence-corrected chi connectivity index (χ1v) is 6.96. The van der Waals surface area contributed by atoms with Gasteiger partial charge in [0.15, 0.2) is 0 Å². The van der Waals surface area contributed by atoms with E-state index in [1.165, 1.54) is 4.68 Å². The zero-order valence-corrected chi connectivity index (χ0v) is 12.9.